The summed E-state index contributed by atoms with van der Waals surface area (Å²) < 4.78 is 1.98. The monoisotopic (exact) mass is 453 g/mol. The SMILES string of the molecule is O=C(CNC(=O)c1ccc(N2CCCC2=O)cc1)Nc1ccc(-n2cnc3ccccc32)cc1. The fourth-order valence-corrected chi connectivity index (χ4v) is 4.05. The first kappa shape index (κ1) is 21.4. The lowest BCUT2D eigenvalue weighted by molar-refractivity contribution is -0.117. The molecule has 8 heteroatoms. The van der Waals surface area contributed by atoms with Crippen molar-refractivity contribution in [3.8, 4) is 5.69 Å². The molecule has 0 unspecified atom stereocenters. The Labute approximate surface area is 196 Å². The van der Waals surface area contributed by atoms with Gasteiger partial charge in [-0.25, -0.2) is 4.98 Å². The van der Waals surface area contributed by atoms with Crippen molar-refractivity contribution < 1.29 is 14.4 Å². The van der Waals surface area contributed by atoms with E-state index in [1.807, 2.05) is 53.1 Å². The quantitative estimate of drug-likeness (QED) is 0.467. The van der Waals surface area contributed by atoms with Gasteiger partial charge in [0.1, 0.15) is 6.33 Å². The first-order valence-electron chi connectivity index (χ1n) is 11.1. The van der Waals surface area contributed by atoms with Gasteiger partial charge in [-0.2, -0.15) is 0 Å². The molecule has 1 aromatic heterocycles. The number of hydrogen-bond donors (Lipinski definition) is 2. The third-order valence-corrected chi connectivity index (χ3v) is 5.81. The number of carbonyl (C=O) groups is 3. The summed E-state index contributed by atoms with van der Waals surface area (Å²) in [6.45, 7) is 0.545. The van der Waals surface area contributed by atoms with E-state index in [0.29, 0.717) is 24.2 Å². The zero-order chi connectivity index (χ0) is 23.5. The Kier molecular flexibility index (Phi) is 5.78. The molecule has 0 spiro atoms. The van der Waals surface area contributed by atoms with Crippen LogP contribution >= 0.6 is 0 Å². The maximum atomic E-state index is 12.4. The maximum absolute atomic E-state index is 12.4. The first-order chi connectivity index (χ1) is 16.6. The molecule has 1 aliphatic heterocycles. The van der Waals surface area contributed by atoms with Crippen LogP contribution in [0.15, 0.2) is 79.1 Å². The molecule has 4 aromatic rings. The van der Waals surface area contributed by atoms with Crippen LogP contribution in [-0.2, 0) is 9.59 Å². The molecular formula is C26H23N5O3. The highest BCUT2D eigenvalue weighted by molar-refractivity contribution is 6.00. The molecule has 8 nitrogen and oxygen atoms in total. The summed E-state index contributed by atoms with van der Waals surface area (Å²) >= 11 is 0. The average molecular weight is 454 g/mol. The Bertz CT molecular complexity index is 1360. The lowest BCUT2D eigenvalue weighted by atomic mass is 10.2. The number of imidazole rings is 1. The number of benzene rings is 3. The van der Waals surface area contributed by atoms with Crippen LogP contribution < -0.4 is 15.5 Å². The van der Waals surface area contributed by atoms with Crippen LogP contribution in [0.25, 0.3) is 16.7 Å². The van der Waals surface area contributed by atoms with E-state index in [9.17, 15) is 14.4 Å². The lowest BCUT2D eigenvalue weighted by Gasteiger charge is -2.15. The van der Waals surface area contributed by atoms with E-state index >= 15 is 0 Å². The van der Waals surface area contributed by atoms with E-state index in [-0.39, 0.29) is 24.3 Å². The van der Waals surface area contributed by atoms with Crippen LogP contribution in [0.3, 0.4) is 0 Å². The Hall–Kier alpha value is -4.46. The highest BCUT2D eigenvalue weighted by Crippen LogP contribution is 2.22. The number of carbonyl (C=O) groups excluding carboxylic acids is 3. The van der Waals surface area contributed by atoms with E-state index in [0.717, 1.165) is 28.8 Å². The number of aromatic nitrogens is 2. The molecule has 2 heterocycles. The van der Waals surface area contributed by atoms with Crippen molar-refractivity contribution in [3.05, 3.63) is 84.7 Å². The second-order valence-corrected chi connectivity index (χ2v) is 8.08. The van der Waals surface area contributed by atoms with E-state index in [1.165, 1.54) is 0 Å². The molecule has 0 saturated carbocycles. The Balaban J connectivity index is 1.15. The molecule has 1 saturated heterocycles. The Morgan fingerprint density at radius 3 is 2.38 bits per heavy atom. The van der Waals surface area contributed by atoms with Gasteiger partial charge in [0, 0.05) is 35.6 Å². The van der Waals surface area contributed by atoms with Gasteiger partial charge in [0.25, 0.3) is 5.91 Å². The van der Waals surface area contributed by atoms with Crippen LogP contribution in [-0.4, -0.2) is 40.4 Å². The zero-order valence-electron chi connectivity index (χ0n) is 18.4. The van der Waals surface area contributed by atoms with Gasteiger partial charge in [-0.15, -0.1) is 0 Å². The topological polar surface area (TPSA) is 96.3 Å². The standard InChI is InChI=1S/C26H23N5O3/c32-24(16-27-26(34)18-7-11-20(12-8-18)30-15-3-6-25(30)33)29-19-9-13-21(14-10-19)31-17-28-22-4-1-2-5-23(22)31/h1-2,4-5,7-14,17H,3,6,15-16H2,(H,27,34)(H,29,32). The number of fused-ring (bicyclic) bond motifs is 1. The van der Waals surface area contributed by atoms with Crippen molar-refractivity contribution in [2.45, 2.75) is 12.8 Å². The summed E-state index contributed by atoms with van der Waals surface area (Å²) in [5.74, 6) is -0.578. The molecule has 3 aromatic carbocycles. The fraction of sp³-hybridized carbons (Fsp3) is 0.154. The first-order valence-corrected chi connectivity index (χ1v) is 11.1. The molecule has 3 amide bonds. The van der Waals surface area contributed by atoms with E-state index in [4.69, 9.17) is 0 Å². The number of hydrogen-bond acceptors (Lipinski definition) is 4. The van der Waals surface area contributed by atoms with Crippen molar-refractivity contribution in [1.29, 1.82) is 0 Å². The van der Waals surface area contributed by atoms with Crippen LogP contribution in [0.5, 0.6) is 0 Å². The lowest BCUT2D eigenvalue weighted by Crippen LogP contribution is -2.32. The normalized spacial score (nSPS) is 13.3. The smallest absolute Gasteiger partial charge is 0.251 e. The second kappa shape index (κ2) is 9.19. The minimum atomic E-state index is -0.350. The van der Waals surface area contributed by atoms with Crippen molar-refractivity contribution in [2.24, 2.45) is 0 Å². The molecule has 0 bridgehead atoms. The highest BCUT2D eigenvalue weighted by Gasteiger charge is 2.21. The van der Waals surface area contributed by atoms with Gasteiger partial charge in [0.2, 0.25) is 11.8 Å². The van der Waals surface area contributed by atoms with Gasteiger partial charge < -0.3 is 15.5 Å². The van der Waals surface area contributed by atoms with Crippen LogP contribution in [0.2, 0.25) is 0 Å². The van der Waals surface area contributed by atoms with Gasteiger partial charge in [-0.3, -0.25) is 19.0 Å². The van der Waals surface area contributed by atoms with Crippen molar-refractivity contribution >= 4 is 40.1 Å². The number of amides is 3. The van der Waals surface area contributed by atoms with Crippen LogP contribution in [0, 0.1) is 0 Å². The molecule has 1 aliphatic rings. The maximum Gasteiger partial charge on any atom is 0.251 e. The number of rotatable bonds is 6. The molecule has 0 atom stereocenters. The average Bonchev–Trinajstić information content (AvgIpc) is 3.49. The van der Waals surface area contributed by atoms with E-state index in [2.05, 4.69) is 15.6 Å². The third kappa shape index (κ3) is 4.38. The van der Waals surface area contributed by atoms with Crippen LogP contribution in [0.1, 0.15) is 23.2 Å². The largest absolute Gasteiger partial charge is 0.343 e. The predicted octanol–water partition coefficient (Wildman–Crippen LogP) is 3.52. The van der Waals surface area contributed by atoms with E-state index < -0.39 is 0 Å². The third-order valence-electron chi connectivity index (χ3n) is 5.81. The zero-order valence-corrected chi connectivity index (χ0v) is 18.4. The van der Waals surface area contributed by atoms with E-state index in [1.54, 1.807) is 35.5 Å². The highest BCUT2D eigenvalue weighted by atomic mass is 16.2. The minimum Gasteiger partial charge on any atom is -0.343 e. The Morgan fingerprint density at radius 1 is 0.912 bits per heavy atom. The number of nitrogens with zero attached hydrogens (tertiary/aromatic N) is 3. The molecule has 2 N–H and O–H groups in total. The van der Waals surface area contributed by atoms with Gasteiger partial charge in [-0.05, 0) is 67.1 Å². The van der Waals surface area contributed by atoms with Gasteiger partial charge in [0.05, 0.1) is 17.6 Å². The number of nitrogens with one attached hydrogen (secondary N) is 2. The molecule has 0 aliphatic carbocycles. The molecule has 1 fully saturated rings. The minimum absolute atomic E-state index is 0.0975. The Morgan fingerprint density at radius 2 is 1.65 bits per heavy atom. The predicted molar refractivity (Wildman–Crippen MR) is 130 cm³/mol. The fourth-order valence-electron chi connectivity index (χ4n) is 4.05. The van der Waals surface area contributed by atoms with Crippen LogP contribution in [0.4, 0.5) is 11.4 Å². The molecule has 170 valence electrons. The van der Waals surface area contributed by atoms with Crippen molar-refractivity contribution in [2.75, 3.05) is 23.3 Å². The molecule has 34 heavy (non-hydrogen) atoms. The van der Waals surface area contributed by atoms with Gasteiger partial charge in [-0.1, -0.05) is 12.1 Å². The summed E-state index contributed by atoms with van der Waals surface area (Å²) in [5.41, 5.74) is 4.69. The molecular weight excluding hydrogens is 430 g/mol. The number of para-hydroxylation sites is 2. The molecule has 0 radical (unpaired) electrons. The van der Waals surface area contributed by atoms with Gasteiger partial charge >= 0.3 is 0 Å². The summed E-state index contributed by atoms with van der Waals surface area (Å²) in [6.07, 6.45) is 3.17. The second-order valence-electron chi connectivity index (χ2n) is 8.08. The molecule has 5 rings (SSSR count). The summed E-state index contributed by atoms with van der Waals surface area (Å²) in [5, 5.41) is 5.41. The summed E-state index contributed by atoms with van der Waals surface area (Å²) in [7, 11) is 0. The summed E-state index contributed by atoms with van der Waals surface area (Å²) in [4.78, 5) is 42.7. The van der Waals surface area contributed by atoms with Crippen molar-refractivity contribution in [1.82, 2.24) is 14.9 Å². The van der Waals surface area contributed by atoms with Gasteiger partial charge in [0.15, 0.2) is 0 Å². The number of anilines is 2. The van der Waals surface area contributed by atoms with Crippen molar-refractivity contribution in [3.63, 3.8) is 0 Å². The summed E-state index contributed by atoms with van der Waals surface area (Å²) in [6, 6.07) is 22.1.